The molecule has 0 radical (unpaired) electrons. The van der Waals surface area contributed by atoms with E-state index in [0.29, 0.717) is 0 Å². The second-order valence-electron chi connectivity index (χ2n) is 0.994. The molecule has 1 nitrogen and oxygen atoms in total. The van der Waals surface area contributed by atoms with Crippen molar-refractivity contribution < 1.29 is 51.4 Å². The Morgan fingerprint density at radius 2 is 1.00 bits per heavy atom. The van der Waals surface area contributed by atoms with Gasteiger partial charge in [-0.3, -0.25) is 0 Å². The van der Waals surface area contributed by atoms with Crippen molar-refractivity contribution >= 4 is 0 Å². The van der Waals surface area contributed by atoms with E-state index in [4.69, 9.17) is 0 Å². The first-order valence-electron chi connectivity index (χ1n) is 1.54. The van der Waals surface area contributed by atoms with Gasteiger partial charge in [0.25, 0.3) is 0 Å². The van der Waals surface area contributed by atoms with Crippen LogP contribution < -0.4 is 18.9 Å². The van der Waals surface area contributed by atoms with Crippen molar-refractivity contribution in [2.24, 2.45) is 0 Å². The summed E-state index contributed by atoms with van der Waals surface area (Å²) in [4.78, 5) is 0. The summed E-state index contributed by atoms with van der Waals surface area (Å²) >= 11 is 0. The van der Waals surface area contributed by atoms with Gasteiger partial charge in [-0.15, -0.1) is 26.3 Å². The predicted molar refractivity (Wildman–Crippen MR) is 14.3 cm³/mol. The third-order valence-electron chi connectivity index (χ3n) is 0.231. The molecule has 0 spiro atoms. The summed E-state index contributed by atoms with van der Waals surface area (Å²) in [6.45, 7) is 0. The Morgan fingerprint density at radius 3 is 1.00 bits per heavy atom. The summed E-state index contributed by atoms with van der Waals surface area (Å²) in [5.41, 5.74) is 0. The van der Waals surface area contributed by atoms with Gasteiger partial charge < -0.3 is 1.43 Å². The standard InChI is InChI=1S/C2F6O.Li.H/c3-1(4,5)9-2(6,7)8;;/q;+1;-1. The van der Waals surface area contributed by atoms with E-state index in [1.165, 1.54) is 0 Å². The predicted octanol–water partition coefficient (Wildman–Crippen LogP) is -0.841. The molecule has 0 aromatic heterocycles. The number of alkyl halides is 6. The molecule has 0 heterocycles. The van der Waals surface area contributed by atoms with Gasteiger partial charge in [0.1, 0.15) is 0 Å². The van der Waals surface area contributed by atoms with Crippen LogP contribution in [0.1, 0.15) is 1.43 Å². The van der Waals surface area contributed by atoms with E-state index in [9.17, 15) is 26.3 Å². The number of hydrogen-bond donors (Lipinski definition) is 0. The molecule has 0 aromatic rings. The van der Waals surface area contributed by atoms with E-state index in [2.05, 4.69) is 0 Å². The molecule has 0 unspecified atom stereocenters. The molecule has 0 aliphatic rings. The first kappa shape index (κ1) is 12.8. The first-order chi connectivity index (χ1) is 3.71. The molecule has 0 atom stereocenters. The minimum Gasteiger partial charge on any atom is -1.00 e. The van der Waals surface area contributed by atoms with Crippen LogP contribution in [0.4, 0.5) is 26.3 Å². The van der Waals surface area contributed by atoms with Crippen molar-refractivity contribution in [2.75, 3.05) is 0 Å². The fourth-order valence-electron chi connectivity index (χ4n) is 0.131. The quantitative estimate of drug-likeness (QED) is 0.333. The second kappa shape index (κ2) is 3.51. The molecule has 8 heteroatoms. The Labute approximate surface area is 65.0 Å². The van der Waals surface area contributed by atoms with Crippen LogP contribution in [-0.2, 0) is 4.74 Å². The van der Waals surface area contributed by atoms with Gasteiger partial charge in [-0.25, -0.2) is 0 Å². The maximum atomic E-state index is 10.6. The minimum atomic E-state index is -5.64. The van der Waals surface area contributed by atoms with Crippen LogP contribution in [0.2, 0.25) is 0 Å². The van der Waals surface area contributed by atoms with Crippen LogP contribution in [0, 0.1) is 0 Å². The maximum absolute atomic E-state index is 10.6. The molecule has 0 aromatic carbocycles. The molecule has 58 valence electrons. The van der Waals surface area contributed by atoms with Crippen LogP contribution in [0.15, 0.2) is 0 Å². The molecular formula is C2HF6LiO. The normalized spacial score (nSPS) is 12.6. The summed E-state index contributed by atoms with van der Waals surface area (Å²) in [6, 6.07) is 0. The Kier molecular flexibility index (Phi) is 4.48. The van der Waals surface area contributed by atoms with Crippen molar-refractivity contribution in [1.82, 2.24) is 0 Å². The van der Waals surface area contributed by atoms with E-state index < -0.39 is 12.7 Å². The maximum Gasteiger partial charge on any atom is 1.00 e. The van der Waals surface area contributed by atoms with Gasteiger partial charge in [0, 0.05) is 0 Å². The zero-order chi connectivity index (χ0) is 7.71. The van der Waals surface area contributed by atoms with Crippen molar-refractivity contribution in [3.63, 3.8) is 0 Å². The number of rotatable bonds is 0. The number of ether oxygens (including phenoxy) is 1. The fourth-order valence-corrected chi connectivity index (χ4v) is 0.131. The average Bonchev–Trinajstić information content (AvgIpc) is 1.14. The largest absolute Gasteiger partial charge is 1.00 e. The van der Waals surface area contributed by atoms with Crippen molar-refractivity contribution in [2.45, 2.75) is 12.7 Å². The SMILES string of the molecule is FC(F)(F)OC(F)(F)F.[H-].[Li+]. The monoisotopic (exact) mass is 162 g/mol. The van der Waals surface area contributed by atoms with Gasteiger partial charge in [-0.05, 0) is 0 Å². The molecule has 0 N–H and O–H groups in total. The van der Waals surface area contributed by atoms with Gasteiger partial charge in [0.15, 0.2) is 0 Å². The van der Waals surface area contributed by atoms with Gasteiger partial charge in [0.05, 0.1) is 0 Å². The summed E-state index contributed by atoms with van der Waals surface area (Å²) in [5, 5.41) is 0. The Balaban J connectivity index is -0.000000320. The van der Waals surface area contributed by atoms with E-state index in [0.717, 1.165) is 0 Å². The zero-order valence-electron chi connectivity index (χ0n) is 5.68. The van der Waals surface area contributed by atoms with Gasteiger partial charge in [0.2, 0.25) is 0 Å². The molecule has 0 fully saturated rings. The summed E-state index contributed by atoms with van der Waals surface area (Å²) in [5.74, 6) is 0. The van der Waals surface area contributed by atoms with Crippen molar-refractivity contribution in [3.8, 4) is 0 Å². The Hall–Kier alpha value is 0.137. The van der Waals surface area contributed by atoms with Crippen LogP contribution in [0.5, 0.6) is 0 Å². The van der Waals surface area contributed by atoms with E-state index in [1.807, 2.05) is 0 Å². The fraction of sp³-hybridized carbons (Fsp3) is 1.00. The molecule has 0 aliphatic heterocycles. The molecule has 0 bridgehead atoms. The molecule has 10 heavy (non-hydrogen) atoms. The van der Waals surface area contributed by atoms with Crippen LogP contribution in [0.3, 0.4) is 0 Å². The van der Waals surface area contributed by atoms with Crippen molar-refractivity contribution in [3.05, 3.63) is 0 Å². The minimum absolute atomic E-state index is 0. The number of hydrogen-bond acceptors (Lipinski definition) is 1. The summed E-state index contributed by atoms with van der Waals surface area (Å²) < 4.78 is 65.3. The molecule has 0 rings (SSSR count). The van der Waals surface area contributed by atoms with Crippen molar-refractivity contribution in [1.29, 1.82) is 0 Å². The molecule has 0 saturated heterocycles. The van der Waals surface area contributed by atoms with E-state index in [1.54, 1.807) is 4.74 Å². The smallest absolute Gasteiger partial charge is 1.00 e. The van der Waals surface area contributed by atoms with Gasteiger partial charge >= 0.3 is 31.6 Å². The average molecular weight is 162 g/mol. The molecule has 0 aliphatic carbocycles. The second-order valence-corrected chi connectivity index (χ2v) is 0.994. The summed E-state index contributed by atoms with van der Waals surface area (Å²) in [7, 11) is 0. The number of halogens is 6. The Morgan fingerprint density at radius 1 is 0.800 bits per heavy atom. The zero-order valence-corrected chi connectivity index (χ0v) is 4.68. The van der Waals surface area contributed by atoms with Crippen LogP contribution in [-0.4, -0.2) is 12.7 Å². The van der Waals surface area contributed by atoms with E-state index in [-0.39, 0.29) is 20.3 Å². The van der Waals surface area contributed by atoms with Crippen LogP contribution in [0.25, 0.3) is 0 Å². The third-order valence-corrected chi connectivity index (χ3v) is 0.231. The van der Waals surface area contributed by atoms with Crippen LogP contribution >= 0.6 is 0 Å². The summed E-state index contributed by atoms with van der Waals surface area (Å²) in [6.07, 6.45) is -11.3. The Bertz CT molecular complexity index is 85.7. The third kappa shape index (κ3) is 11.0. The first-order valence-corrected chi connectivity index (χ1v) is 1.54. The topological polar surface area (TPSA) is 9.23 Å². The van der Waals surface area contributed by atoms with Gasteiger partial charge in [-0.2, -0.15) is 4.74 Å². The molecular weight excluding hydrogens is 161 g/mol. The van der Waals surface area contributed by atoms with Gasteiger partial charge in [-0.1, -0.05) is 0 Å². The molecule has 0 saturated carbocycles. The van der Waals surface area contributed by atoms with E-state index >= 15 is 0 Å². The molecule has 0 amide bonds.